The van der Waals surface area contributed by atoms with Crippen molar-refractivity contribution >= 4 is 26.6 Å². The van der Waals surface area contributed by atoms with Crippen LogP contribution in [0.5, 0.6) is 0 Å². The molecule has 1 heterocycles. The Bertz CT molecular complexity index is 2160. The molecule has 4 aromatic carbocycles. The molecule has 0 spiro atoms. The molecule has 0 atom stereocenters. The molecule has 0 bridgehead atoms. The lowest BCUT2D eigenvalue weighted by Crippen LogP contribution is -2.14. The average Bonchev–Trinajstić information content (AvgIpc) is 3.34. The van der Waals surface area contributed by atoms with E-state index >= 15 is 0 Å². The van der Waals surface area contributed by atoms with Gasteiger partial charge in [-0.15, -0.1) is 0 Å². The smallest absolute Gasteiger partial charge is 0.268 e. The Labute approximate surface area is 245 Å². The fourth-order valence-electron chi connectivity index (χ4n) is 4.77. The SMILES string of the molecule is [C-]#[N+]c1cccc(C#N)c1-c1c(-c2cccc(C#CC(=C)O)c2)n(S(=O)(=O)c2ccc(C(F)F)cc2)c2ccc(F)cc12. The van der Waals surface area contributed by atoms with Gasteiger partial charge in [-0.05, 0) is 61.0 Å². The summed E-state index contributed by atoms with van der Waals surface area (Å²) in [6, 6.07) is 20.3. The van der Waals surface area contributed by atoms with Gasteiger partial charge in [0.2, 0.25) is 0 Å². The Morgan fingerprint density at radius 1 is 1.00 bits per heavy atom. The summed E-state index contributed by atoms with van der Waals surface area (Å²) in [4.78, 5) is 3.24. The number of nitrogens with zero attached hydrogens (tertiary/aromatic N) is 3. The van der Waals surface area contributed by atoms with Crippen molar-refractivity contribution in [2.75, 3.05) is 0 Å². The van der Waals surface area contributed by atoms with Crippen molar-refractivity contribution < 1.29 is 26.7 Å². The first-order valence-electron chi connectivity index (χ1n) is 12.5. The van der Waals surface area contributed by atoms with E-state index in [9.17, 15) is 32.0 Å². The van der Waals surface area contributed by atoms with Gasteiger partial charge in [-0.1, -0.05) is 42.3 Å². The molecule has 5 aromatic rings. The molecule has 1 aromatic heterocycles. The first-order chi connectivity index (χ1) is 20.6. The highest BCUT2D eigenvalue weighted by Gasteiger charge is 2.31. The number of fused-ring (bicyclic) bond motifs is 1. The molecule has 6 nitrogen and oxygen atoms in total. The minimum atomic E-state index is -4.57. The molecule has 210 valence electrons. The van der Waals surface area contributed by atoms with E-state index in [0.717, 1.165) is 40.4 Å². The van der Waals surface area contributed by atoms with Gasteiger partial charge in [-0.2, -0.15) is 5.26 Å². The van der Waals surface area contributed by atoms with Crippen LogP contribution >= 0.6 is 0 Å². The maximum Gasteiger partial charge on any atom is 0.268 e. The van der Waals surface area contributed by atoms with E-state index in [0.29, 0.717) is 5.56 Å². The number of nitriles is 1. The summed E-state index contributed by atoms with van der Waals surface area (Å²) >= 11 is 0. The summed E-state index contributed by atoms with van der Waals surface area (Å²) in [5.41, 5.74) is 0.512. The predicted octanol–water partition coefficient (Wildman–Crippen LogP) is 8.13. The Hall–Kier alpha value is -5.76. The van der Waals surface area contributed by atoms with Gasteiger partial charge >= 0.3 is 0 Å². The summed E-state index contributed by atoms with van der Waals surface area (Å²) in [5, 5.41) is 19.6. The molecule has 0 radical (unpaired) electrons. The van der Waals surface area contributed by atoms with Crippen LogP contribution in [0.2, 0.25) is 0 Å². The van der Waals surface area contributed by atoms with Gasteiger partial charge in [0, 0.05) is 38.8 Å². The van der Waals surface area contributed by atoms with E-state index in [1.54, 1.807) is 18.2 Å². The number of halogens is 3. The number of aromatic nitrogens is 1. The number of alkyl halides is 2. The first kappa shape index (κ1) is 28.8. The molecule has 0 unspecified atom stereocenters. The van der Waals surface area contributed by atoms with Crippen LogP contribution in [0, 0.1) is 35.6 Å². The minimum absolute atomic E-state index is 0.0161. The lowest BCUT2D eigenvalue weighted by atomic mass is 9.93. The maximum atomic E-state index is 14.8. The second-order valence-electron chi connectivity index (χ2n) is 9.23. The topological polar surface area (TPSA) is 87.4 Å². The van der Waals surface area contributed by atoms with E-state index in [4.69, 9.17) is 6.57 Å². The molecule has 0 aliphatic heterocycles. The number of benzene rings is 4. The second-order valence-corrected chi connectivity index (χ2v) is 11.0. The van der Waals surface area contributed by atoms with E-state index in [2.05, 4.69) is 23.3 Å². The third-order valence-corrected chi connectivity index (χ3v) is 8.31. The highest BCUT2D eigenvalue weighted by molar-refractivity contribution is 7.90. The van der Waals surface area contributed by atoms with Crippen molar-refractivity contribution in [2.24, 2.45) is 0 Å². The number of aliphatic hydroxyl groups is 1. The van der Waals surface area contributed by atoms with Crippen LogP contribution in [-0.4, -0.2) is 17.5 Å². The fraction of sp³-hybridized carbons (Fsp3) is 0.0303. The zero-order chi connectivity index (χ0) is 30.9. The largest absolute Gasteiger partial charge is 0.501 e. The summed E-state index contributed by atoms with van der Waals surface area (Å²) < 4.78 is 71.0. The van der Waals surface area contributed by atoms with Crippen molar-refractivity contribution in [3.63, 3.8) is 0 Å². The Kier molecular flexibility index (Phi) is 7.53. The van der Waals surface area contributed by atoms with Gasteiger partial charge in [-0.3, -0.25) is 0 Å². The molecule has 10 heteroatoms. The standard InChI is InChI=1S/C33H18F3N3O3S/c1-20(40)9-10-21-5-3-6-23(17-21)32-31(30-24(19-37)7-4-8-28(30)38-2)27-18-25(34)13-16-29(27)39(32)43(41,42)26-14-11-22(12-15-26)33(35)36/h3-8,11-18,33,40H,1H2. The van der Waals surface area contributed by atoms with Gasteiger partial charge in [0.1, 0.15) is 5.82 Å². The summed E-state index contributed by atoms with van der Waals surface area (Å²) in [6.45, 7) is 11.1. The van der Waals surface area contributed by atoms with Gasteiger partial charge in [0.05, 0.1) is 28.7 Å². The van der Waals surface area contributed by atoms with Crippen molar-refractivity contribution in [3.05, 3.63) is 131 Å². The molecule has 0 amide bonds. The molecule has 0 saturated carbocycles. The van der Waals surface area contributed by atoms with Crippen molar-refractivity contribution in [1.82, 2.24) is 3.97 Å². The third kappa shape index (κ3) is 5.22. The molecule has 43 heavy (non-hydrogen) atoms. The Morgan fingerprint density at radius 2 is 1.72 bits per heavy atom. The van der Waals surface area contributed by atoms with E-state index in [-0.39, 0.29) is 55.0 Å². The van der Waals surface area contributed by atoms with Gasteiger partial charge in [0.25, 0.3) is 16.4 Å². The fourth-order valence-corrected chi connectivity index (χ4v) is 6.31. The van der Waals surface area contributed by atoms with Gasteiger partial charge < -0.3 is 5.11 Å². The highest BCUT2D eigenvalue weighted by Crippen LogP contribution is 2.47. The highest BCUT2D eigenvalue weighted by atomic mass is 32.2. The first-order valence-corrected chi connectivity index (χ1v) is 13.9. The molecule has 0 aliphatic carbocycles. The molecule has 0 aliphatic rings. The molecule has 5 rings (SSSR count). The molecular formula is C33H18F3N3O3S. The molecular weight excluding hydrogens is 575 g/mol. The van der Waals surface area contributed by atoms with E-state index in [1.807, 2.05) is 6.07 Å². The maximum absolute atomic E-state index is 14.8. The van der Waals surface area contributed by atoms with Crippen LogP contribution in [0.25, 0.3) is 38.1 Å². The minimum Gasteiger partial charge on any atom is -0.501 e. The Balaban J connectivity index is 1.99. The lowest BCUT2D eigenvalue weighted by molar-refractivity contribution is 0.151. The average molecular weight is 594 g/mol. The summed E-state index contributed by atoms with van der Waals surface area (Å²) in [6.07, 6.45) is -2.82. The third-order valence-electron chi connectivity index (χ3n) is 6.58. The molecule has 0 fully saturated rings. The summed E-state index contributed by atoms with van der Waals surface area (Å²) in [5.74, 6) is 4.06. The van der Waals surface area contributed by atoms with Crippen LogP contribution in [0.1, 0.15) is 23.1 Å². The number of aliphatic hydroxyl groups excluding tert-OH is 1. The van der Waals surface area contributed by atoms with Crippen LogP contribution in [-0.2, 0) is 10.0 Å². The zero-order valence-corrected chi connectivity index (χ0v) is 22.8. The summed E-state index contributed by atoms with van der Waals surface area (Å²) in [7, 11) is -4.57. The number of hydrogen-bond donors (Lipinski definition) is 1. The quantitative estimate of drug-likeness (QED) is 0.127. The second kappa shape index (κ2) is 11.3. The van der Waals surface area contributed by atoms with Crippen LogP contribution in [0.3, 0.4) is 0 Å². The normalized spacial score (nSPS) is 11.0. The Morgan fingerprint density at radius 3 is 2.37 bits per heavy atom. The number of allylic oxidation sites excluding steroid dienone is 1. The zero-order valence-electron chi connectivity index (χ0n) is 22.0. The van der Waals surface area contributed by atoms with Gasteiger partial charge in [0.15, 0.2) is 11.4 Å². The number of hydrogen-bond acceptors (Lipinski definition) is 4. The molecule has 0 saturated heterocycles. The lowest BCUT2D eigenvalue weighted by Gasteiger charge is -2.15. The molecule has 1 N–H and O–H groups in total. The number of rotatable bonds is 5. The van der Waals surface area contributed by atoms with Crippen LogP contribution < -0.4 is 0 Å². The van der Waals surface area contributed by atoms with Crippen molar-refractivity contribution in [1.29, 1.82) is 5.26 Å². The monoisotopic (exact) mass is 593 g/mol. The van der Waals surface area contributed by atoms with Crippen molar-refractivity contribution in [3.8, 4) is 40.3 Å². The predicted molar refractivity (Wildman–Crippen MR) is 156 cm³/mol. The van der Waals surface area contributed by atoms with Crippen molar-refractivity contribution in [2.45, 2.75) is 11.3 Å². The van der Waals surface area contributed by atoms with E-state index < -0.39 is 28.0 Å². The van der Waals surface area contributed by atoms with E-state index in [1.165, 1.54) is 30.3 Å². The van der Waals surface area contributed by atoms with Crippen LogP contribution in [0.15, 0.2) is 102 Å². The van der Waals surface area contributed by atoms with Crippen LogP contribution in [0.4, 0.5) is 18.9 Å². The van der Waals surface area contributed by atoms with Gasteiger partial charge in [-0.25, -0.2) is 30.4 Å².